The number of primary amides is 1. The van der Waals surface area contributed by atoms with Crippen molar-refractivity contribution < 1.29 is 14.3 Å². The minimum absolute atomic E-state index is 0.275. The second kappa shape index (κ2) is 8.21. The predicted molar refractivity (Wildman–Crippen MR) is 93.8 cm³/mol. The molecular formula is C17H18ClN3O3. The van der Waals surface area contributed by atoms with Crippen molar-refractivity contribution in [3.63, 3.8) is 0 Å². The van der Waals surface area contributed by atoms with Crippen LogP contribution in [0, 0.1) is 6.92 Å². The van der Waals surface area contributed by atoms with Gasteiger partial charge in [-0.3, -0.25) is 0 Å². The van der Waals surface area contributed by atoms with Crippen LogP contribution in [0.5, 0.6) is 11.5 Å². The number of halogens is 1. The average molecular weight is 348 g/mol. The van der Waals surface area contributed by atoms with Crippen molar-refractivity contribution in [1.82, 2.24) is 5.43 Å². The first-order valence-corrected chi connectivity index (χ1v) is 7.52. The van der Waals surface area contributed by atoms with E-state index in [1.165, 1.54) is 6.21 Å². The van der Waals surface area contributed by atoms with E-state index < -0.39 is 6.03 Å². The average Bonchev–Trinajstić information content (AvgIpc) is 2.54. The number of carbonyl (C=O) groups is 1. The maximum Gasteiger partial charge on any atom is 0.332 e. The Labute approximate surface area is 145 Å². The molecular weight excluding hydrogens is 330 g/mol. The number of methoxy groups -OCH3 is 1. The molecule has 0 aromatic heterocycles. The fraction of sp³-hybridized carbons (Fsp3) is 0.176. The van der Waals surface area contributed by atoms with E-state index in [4.69, 9.17) is 26.8 Å². The van der Waals surface area contributed by atoms with Crippen LogP contribution in [0.15, 0.2) is 41.5 Å². The molecule has 0 atom stereocenters. The van der Waals surface area contributed by atoms with E-state index in [-0.39, 0.29) is 6.61 Å². The first-order chi connectivity index (χ1) is 11.5. The van der Waals surface area contributed by atoms with E-state index in [0.717, 1.165) is 16.7 Å². The maximum atomic E-state index is 10.6. The van der Waals surface area contributed by atoms with Crippen LogP contribution in [0.4, 0.5) is 4.79 Å². The predicted octanol–water partition coefficient (Wildman–Crippen LogP) is 3.24. The van der Waals surface area contributed by atoms with Gasteiger partial charge in [-0.25, -0.2) is 10.2 Å². The van der Waals surface area contributed by atoms with Crippen molar-refractivity contribution >= 4 is 23.8 Å². The number of benzene rings is 2. The lowest BCUT2D eigenvalue weighted by molar-refractivity contribution is 0.249. The highest BCUT2D eigenvalue weighted by Gasteiger charge is 2.07. The standard InChI is InChI=1S/C17H18ClN3O3/c1-11-3-5-16(14(18)7-11)24-10-13-8-12(4-6-15(13)23-2)9-20-21-17(19)22/h3-9H,10H2,1-2H3,(H3,19,21,22). The smallest absolute Gasteiger partial charge is 0.332 e. The van der Waals surface area contributed by atoms with Gasteiger partial charge in [-0.05, 0) is 48.4 Å². The van der Waals surface area contributed by atoms with Gasteiger partial charge in [0, 0.05) is 5.56 Å². The zero-order chi connectivity index (χ0) is 17.5. The van der Waals surface area contributed by atoms with Crippen molar-refractivity contribution in [2.24, 2.45) is 10.8 Å². The molecule has 0 aliphatic heterocycles. The van der Waals surface area contributed by atoms with Crippen LogP contribution < -0.4 is 20.6 Å². The number of hydrazone groups is 1. The van der Waals surface area contributed by atoms with Crippen LogP contribution >= 0.6 is 11.6 Å². The Morgan fingerprint density at radius 3 is 2.71 bits per heavy atom. The molecule has 0 spiro atoms. The third-order valence-corrected chi connectivity index (χ3v) is 3.46. The molecule has 0 aliphatic rings. The summed E-state index contributed by atoms with van der Waals surface area (Å²) in [5.74, 6) is 1.28. The Morgan fingerprint density at radius 2 is 2.04 bits per heavy atom. The van der Waals surface area contributed by atoms with Crippen molar-refractivity contribution in [1.29, 1.82) is 0 Å². The fourth-order valence-electron chi connectivity index (χ4n) is 2.04. The summed E-state index contributed by atoms with van der Waals surface area (Å²) < 4.78 is 11.1. The molecule has 0 fully saturated rings. The van der Waals surface area contributed by atoms with Gasteiger partial charge < -0.3 is 15.2 Å². The van der Waals surface area contributed by atoms with Gasteiger partial charge in [-0.2, -0.15) is 5.10 Å². The van der Waals surface area contributed by atoms with E-state index in [2.05, 4.69) is 10.5 Å². The summed E-state index contributed by atoms with van der Waals surface area (Å²) in [5, 5.41) is 4.28. The number of nitrogens with one attached hydrogen (secondary N) is 1. The van der Waals surface area contributed by atoms with Gasteiger partial charge in [0.25, 0.3) is 0 Å². The molecule has 3 N–H and O–H groups in total. The monoisotopic (exact) mass is 347 g/mol. The number of amides is 2. The Morgan fingerprint density at radius 1 is 1.29 bits per heavy atom. The molecule has 0 bridgehead atoms. The van der Waals surface area contributed by atoms with Crippen molar-refractivity contribution in [3.05, 3.63) is 58.1 Å². The number of carbonyl (C=O) groups excluding carboxylic acids is 1. The number of aryl methyl sites for hydroxylation is 1. The summed E-state index contributed by atoms with van der Waals surface area (Å²) in [4.78, 5) is 10.6. The van der Waals surface area contributed by atoms with Gasteiger partial charge in [0.15, 0.2) is 0 Å². The third-order valence-electron chi connectivity index (χ3n) is 3.16. The molecule has 0 aliphatic carbocycles. The molecule has 2 aromatic rings. The highest BCUT2D eigenvalue weighted by molar-refractivity contribution is 6.32. The largest absolute Gasteiger partial charge is 0.496 e. The van der Waals surface area contributed by atoms with Crippen molar-refractivity contribution in [3.8, 4) is 11.5 Å². The molecule has 0 heterocycles. The fourth-order valence-corrected chi connectivity index (χ4v) is 2.33. The van der Waals surface area contributed by atoms with Gasteiger partial charge in [-0.1, -0.05) is 17.7 Å². The molecule has 2 rings (SSSR count). The molecule has 7 heteroatoms. The molecule has 0 radical (unpaired) electrons. The lowest BCUT2D eigenvalue weighted by atomic mass is 10.1. The Bertz CT molecular complexity index is 763. The third kappa shape index (κ3) is 4.89. The summed E-state index contributed by atoms with van der Waals surface area (Å²) in [6, 6.07) is 10.3. The van der Waals surface area contributed by atoms with Gasteiger partial charge in [0.1, 0.15) is 18.1 Å². The molecule has 2 amide bonds. The highest BCUT2D eigenvalue weighted by atomic mass is 35.5. The molecule has 0 saturated carbocycles. The SMILES string of the molecule is COc1ccc(C=NNC(N)=O)cc1COc1ccc(C)cc1Cl. The number of urea groups is 1. The van der Waals surface area contributed by atoms with E-state index in [0.29, 0.717) is 16.5 Å². The summed E-state index contributed by atoms with van der Waals surface area (Å²) in [6.07, 6.45) is 1.48. The highest BCUT2D eigenvalue weighted by Crippen LogP contribution is 2.27. The normalized spacial score (nSPS) is 10.6. The van der Waals surface area contributed by atoms with Crippen molar-refractivity contribution in [2.45, 2.75) is 13.5 Å². The second-order valence-corrected chi connectivity index (χ2v) is 5.44. The van der Waals surface area contributed by atoms with E-state index >= 15 is 0 Å². The first-order valence-electron chi connectivity index (χ1n) is 7.14. The van der Waals surface area contributed by atoms with Crippen LogP contribution in [0.25, 0.3) is 0 Å². The van der Waals surface area contributed by atoms with E-state index in [9.17, 15) is 4.79 Å². The Hall–Kier alpha value is -2.73. The molecule has 126 valence electrons. The number of nitrogens with zero attached hydrogens (tertiary/aromatic N) is 1. The zero-order valence-electron chi connectivity index (χ0n) is 13.4. The van der Waals surface area contributed by atoms with E-state index in [1.54, 1.807) is 19.2 Å². The quantitative estimate of drug-likeness (QED) is 0.621. The molecule has 0 unspecified atom stereocenters. The molecule has 24 heavy (non-hydrogen) atoms. The van der Waals surface area contributed by atoms with E-state index in [1.807, 2.05) is 31.2 Å². The number of rotatable bonds is 6. The lowest BCUT2D eigenvalue weighted by Gasteiger charge is -2.12. The van der Waals surface area contributed by atoms with Crippen LogP contribution in [0.3, 0.4) is 0 Å². The number of ether oxygens (including phenoxy) is 2. The van der Waals surface area contributed by atoms with Gasteiger partial charge in [0.05, 0.1) is 18.3 Å². The topological polar surface area (TPSA) is 85.9 Å². The van der Waals surface area contributed by atoms with Crippen LogP contribution in [0.2, 0.25) is 5.02 Å². The van der Waals surface area contributed by atoms with Gasteiger partial charge >= 0.3 is 6.03 Å². The number of hydrogen-bond acceptors (Lipinski definition) is 4. The summed E-state index contributed by atoms with van der Waals surface area (Å²) >= 11 is 6.17. The first kappa shape index (κ1) is 17.6. The zero-order valence-corrected chi connectivity index (χ0v) is 14.1. The molecule has 6 nitrogen and oxygen atoms in total. The van der Waals surface area contributed by atoms with Gasteiger partial charge in [-0.15, -0.1) is 0 Å². The number of hydrogen-bond donors (Lipinski definition) is 2. The van der Waals surface area contributed by atoms with Crippen LogP contribution in [-0.2, 0) is 6.61 Å². The Balaban J connectivity index is 2.15. The second-order valence-electron chi connectivity index (χ2n) is 5.03. The summed E-state index contributed by atoms with van der Waals surface area (Å²) in [6.45, 7) is 2.23. The van der Waals surface area contributed by atoms with Crippen LogP contribution in [-0.4, -0.2) is 19.4 Å². The lowest BCUT2D eigenvalue weighted by Crippen LogP contribution is -2.24. The minimum atomic E-state index is -0.725. The maximum absolute atomic E-state index is 10.6. The van der Waals surface area contributed by atoms with Gasteiger partial charge in [0.2, 0.25) is 0 Å². The summed E-state index contributed by atoms with van der Waals surface area (Å²) in [5.41, 5.74) is 9.73. The van der Waals surface area contributed by atoms with Crippen LogP contribution in [0.1, 0.15) is 16.7 Å². The molecule has 2 aromatic carbocycles. The molecule has 0 saturated heterocycles. The summed E-state index contributed by atoms with van der Waals surface area (Å²) in [7, 11) is 1.58. The number of nitrogens with two attached hydrogens (primary N) is 1. The van der Waals surface area contributed by atoms with Crippen molar-refractivity contribution in [2.75, 3.05) is 7.11 Å². The Kier molecular flexibility index (Phi) is 6.03. The minimum Gasteiger partial charge on any atom is -0.496 e.